The average Bonchev–Trinajstić information content (AvgIpc) is 2.27. The lowest BCUT2D eigenvalue weighted by atomic mass is 10.2. The van der Waals surface area contributed by atoms with Gasteiger partial charge in [-0.3, -0.25) is 9.36 Å². The zero-order chi connectivity index (χ0) is 13.2. The van der Waals surface area contributed by atoms with Gasteiger partial charge in [0.15, 0.2) is 0 Å². The first-order chi connectivity index (χ1) is 7.76. The molecule has 0 bridgehead atoms. The largest absolute Gasteiger partial charge is 0.340 e. The van der Waals surface area contributed by atoms with Crippen LogP contribution in [0.1, 0.15) is 13.8 Å². The molecule has 1 heterocycles. The van der Waals surface area contributed by atoms with Gasteiger partial charge in [-0.2, -0.15) is 0 Å². The summed E-state index contributed by atoms with van der Waals surface area (Å²) in [5, 5.41) is 0. The Labute approximate surface area is 104 Å². The molecule has 6 heteroatoms. The highest BCUT2D eigenvalue weighted by molar-refractivity contribution is 7.58. The molecule has 1 rings (SSSR count). The van der Waals surface area contributed by atoms with E-state index < -0.39 is 7.44 Å². The summed E-state index contributed by atoms with van der Waals surface area (Å²) in [7, 11) is 1.29. The minimum absolute atomic E-state index is 0.0452. The summed E-state index contributed by atoms with van der Waals surface area (Å²) in [6.45, 7) is 8.38. The van der Waals surface area contributed by atoms with Gasteiger partial charge < -0.3 is 4.90 Å². The average molecular weight is 261 g/mol. The Morgan fingerprint density at radius 3 is 2.00 bits per heavy atom. The summed E-state index contributed by atoms with van der Waals surface area (Å²) in [4.78, 5) is 13.7. The third kappa shape index (κ3) is 3.30. The van der Waals surface area contributed by atoms with E-state index in [1.165, 1.54) is 0 Å². The molecule has 0 aromatic carbocycles. The summed E-state index contributed by atoms with van der Waals surface area (Å²) < 4.78 is 16.2. The summed E-state index contributed by atoms with van der Waals surface area (Å²) in [6.07, 6.45) is 0. The molecule has 1 aliphatic rings. The third-order valence-electron chi connectivity index (χ3n) is 3.33. The Hall–Kier alpha value is -0.380. The minimum Gasteiger partial charge on any atom is -0.340 e. The van der Waals surface area contributed by atoms with Crippen molar-refractivity contribution in [2.24, 2.45) is 5.92 Å². The van der Waals surface area contributed by atoms with E-state index in [4.69, 9.17) is 0 Å². The van der Waals surface area contributed by atoms with Gasteiger partial charge in [0.05, 0.1) is 0 Å². The van der Waals surface area contributed by atoms with Crippen LogP contribution in [0.2, 0.25) is 0 Å². The van der Waals surface area contributed by atoms with E-state index in [0.717, 1.165) is 0 Å². The predicted octanol–water partition coefficient (Wildman–Crippen LogP) is 1.17. The van der Waals surface area contributed by atoms with Gasteiger partial charge in [-0.25, -0.2) is 9.34 Å². The van der Waals surface area contributed by atoms with Gasteiger partial charge in [0.25, 0.3) is 0 Å². The lowest BCUT2D eigenvalue weighted by molar-refractivity contribution is -0.135. The number of hydrogen-bond acceptors (Lipinski definition) is 2. The molecule has 0 N–H and O–H groups in total. The second-order valence-corrected chi connectivity index (χ2v) is 8.15. The van der Waals surface area contributed by atoms with Crippen molar-refractivity contribution in [3.8, 4) is 0 Å². The normalized spacial score (nSPS) is 21.9. The number of carbonyl (C=O) groups excluding carboxylic acids is 1. The maximum atomic E-state index is 12.4. The molecule has 0 aliphatic carbocycles. The standard InChI is InChI=1S/C11H24N3O2P/c1-10(2)11(15)13-6-8-14(9-7-13)17(5,16)12(3)4/h10H,6-9H2,1-5H3. The number of hydrogen-bond donors (Lipinski definition) is 0. The van der Waals surface area contributed by atoms with E-state index in [0.29, 0.717) is 26.2 Å². The quantitative estimate of drug-likeness (QED) is 0.715. The summed E-state index contributed by atoms with van der Waals surface area (Å²) in [5.41, 5.74) is 0. The molecule has 0 saturated carbocycles. The Bertz CT molecular complexity index is 323. The van der Waals surface area contributed by atoms with Crippen molar-refractivity contribution >= 4 is 13.4 Å². The topological polar surface area (TPSA) is 43.9 Å². The number of piperazine rings is 1. The molecule has 5 nitrogen and oxygen atoms in total. The van der Waals surface area contributed by atoms with Gasteiger partial charge in [0.2, 0.25) is 13.4 Å². The summed E-state index contributed by atoms with van der Waals surface area (Å²) >= 11 is 0. The molecule has 17 heavy (non-hydrogen) atoms. The fraction of sp³-hybridized carbons (Fsp3) is 0.909. The smallest absolute Gasteiger partial charge is 0.225 e. The minimum atomic E-state index is -2.39. The molecule has 1 aliphatic heterocycles. The van der Waals surface area contributed by atoms with E-state index in [2.05, 4.69) is 0 Å². The highest BCUT2D eigenvalue weighted by Crippen LogP contribution is 2.47. The lowest BCUT2D eigenvalue weighted by Gasteiger charge is -2.40. The van der Waals surface area contributed by atoms with Crippen LogP contribution in [0.25, 0.3) is 0 Å². The highest BCUT2D eigenvalue weighted by Gasteiger charge is 2.32. The first-order valence-electron chi connectivity index (χ1n) is 6.06. The maximum Gasteiger partial charge on any atom is 0.225 e. The van der Waals surface area contributed by atoms with Crippen molar-refractivity contribution in [2.45, 2.75) is 13.8 Å². The van der Waals surface area contributed by atoms with E-state index in [9.17, 15) is 9.36 Å². The molecular formula is C11H24N3O2P. The lowest BCUT2D eigenvalue weighted by Crippen LogP contribution is -2.49. The molecule has 1 amide bonds. The van der Waals surface area contributed by atoms with Crippen molar-refractivity contribution < 1.29 is 9.36 Å². The SMILES string of the molecule is CC(C)C(=O)N1CCN(P(C)(=O)N(C)C)CC1. The second kappa shape index (κ2) is 5.51. The third-order valence-corrected chi connectivity index (χ3v) is 6.26. The Kier molecular flexibility index (Phi) is 4.76. The highest BCUT2D eigenvalue weighted by atomic mass is 31.2. The molecule has 1 saturated heterocycles. The van der Waals surface area contributed by atoms with Gasteiger partial charge in [-0.1, -0.05) is 13.8 Å². The summed E-state index contributed by atoms with van der Waals surface area (Å²) in [5.74, 6) is 0.240. The van der Waals surface area contributed by atoms with Crippen LogP contribution in [0.4, 0.5) is 0 Å². The maximum absolute atomic E-state index is 12.4. The molecule has 0 aromatic heterocycles. The van der Waals surface area contributed by atoms with Crippen LogP contribution in [-0.4, -0.2) is 67.1 Å². The molecule has 1 fully saturated rings. The van der Waals surface area contributed by atoms with Crippen LogP contribution in [0.3, 0.4) is 0 Å². The first kappa shape index (κ1) is 14.7. The van der Waals surface area contributed by atoms with Gasteiger partial charge in [0, 0.05) is 38.8 Å². The van der Waals surface area contributed by atoms with Crippen LogP contribution in [-0.2, 0) is 9.36 Å². The number of rotatable bonds is 3. The molecule has 0 aromatic rings. The Morgan fingerprint density at radius 2 is 1.65 bits per heavy atom. The van der Waals surface area contributed by atoms with Crippen molar-refractivity contribution in [3.63, 3.8) is 0 Å². The number of amides is 1. The van der Waals surface area contributed by atoms with Gasteiger partial charge in [-0.05, 0) is 14.1 Å². The molecule has 1 unspecified atom stereocenters. The molecule has 100 valence electrons. The van der Waals surface area contributed by atoms with E-state index in [1.54, 1.807) is 11.3 Å². The van der Waals surface area contributed by atoms with Gasteiger partial charge in [0.1, 0.15) is 0 Å². The zero-order valence-electron chi connectivity index (χ0n) is 11.5. The van der Waals surface area contributed by atoms with Gasteiger partial charge >= 0.3 is 0 Å². The van der Waals surface area contributed by atoms with Crippen LogP contribution in [0.5, 0.6) is 0 Å². The van der Waals surface area contributed by atoms with E-state index >= 15 is 0 Å². The molecule has 1 atom stereocenters. The number of carbonyl (C=O) groups is 1. The second-order valence-electron chi connectivity index (χ2n) is 5.12. The Morgan fingerprint density at radius 1 is 1.18 bits per heavy atom. The van der Waals surface area contributed by atoms with Crippen LogP contribution < -0.4 is 0 Å². The van der Waals surface area contributed by atoms with Crippen LogP contribution >= 0.6 is 7.44 Å². The molecule has 0 spiro atoms. The number of nitrogens with zero attached hydrogens (tertiary/aromatic N) is 3. The molecule has 0 radical (unpaired) electrons. The van der Waals surface area contributed by atoms with Crippen molar-refractivity contribution in [1.29, 1.82) is 0 Å². The first-order valence-corrected chi connectivity index (χ1v) is 8.12. The van der Waals surface area contributed by atoms with E-state index in [-0.39, 0.29) is 11.8 Å². The van der Waals surface area contributed by atoms with Crippen molar-refractivity contribution in [1.82, 2.24) is 14.2 Å². The Balaban J connectivity index is 2.57. The van der Waals surface area contributed by atoms with Crippen LogP contribution in [0.15, 0.2) is 0 Å². The fourth-order valence-corrected chi connectivity index (χ4v) is 3.33. The van der Waals surface area contributed by atoms with E-state index in [1.807, 2.05) is 37.5 Å². The zero-order valence-corrected chi connectivity index (χ0v) is 12.4. The predicted molar refractivity (Wildman–Crippen MR) is 70.2 cm³/mol. The summed E-state index contributed by atoms with van der Waals surface area (Å²) in [6, 6.07) is 0. The monoisotopic (exact) mass is 261 g/mol. The van der Waals surface area contributed by atoms with Gasteiger partial charge in [-0.15, -0.1) is 0 Å². The van der Waals surface area contributed by atoms with Crippen molar-refractivity contribution in [3.05, 3.63) is 0 Å². The van der Waals surface area contributed by atoms with Crippen LogP contribution in [0, 0.1) is 5.92 Å². The molecular weight excluding hydrogens is 237 g/mol. The fourth-order valence-electron chi connectivity index (χ4n) is 1.91. The van der Waals surface area contributed by atoms with Crippen molar-refractivity contribution in [2.75, 3.05) is 46.9 Å².